The number of fused-ring (bicyclic) bond motifs is 1. The third-order valence-corrected chi connectivity index (χ3v) is 3.42. The molecule has 0 saturated heterocycles. The first kappa shape index (κ1) is 15.8. The molecule has 0 amide bonds. The highest BCUT2D eigenvalue weighted by atomic mass is 19.2. The molecular formula is C13H16F2N2O4. The first-order valence-electron chi connectivity index (χ1n) is 6.34. The molecule has 4 atom stereocenters. The van der Waals surface area contributed by atoms with Crippen LogP contribution in [0.4, 0.5) is 8.78 Å². The number of halogens is 2. The third-order valence-electron chi connectivity index (χ3n) is 3.42. The van der Waals surface area contributed by atoms with Crippen molar-refractivity contribution in [1.29, 1.82) is 0 Å². The summed E-state index contributed by atoms with van der Waals surface area (Å²) in [5, 5.41) is 37.7. The minimum absolute atomic E-state index is 0.181. The van der Waals surface area contributed by atoms with E-state index in [2.05, 4.69) is 9.97 Å². The molecule has 5 N–H and O–H groups in total. The van der Waals surface area contributed by atoms with Gasteiger partial charge in [-0.2, -0.15) is 0 Å². The van der Waals surface area contributed by atoms with Gasteiger partial charge in [0.15, 0.2) is 11.6 Å². The molecular weight excluding hydrogens is 286 g/mol. The van der Waals surface area contributed by atoms with Crippen molar-refractivity contribution in [3.8, 4) is 0 Å². The molecule has 1 aromatic heterocycles. The highest BCUT2D eigenvalue weighted by Gasteiger charge is 2.31. The van der Waals surface area contributed by atoms with Gasteiger partial charge in [0.05, 0.1) is 23.7 Å². The third kappa shape index (κ3) is 3.03. The van der Waals surface area contributed by atoms with Crippen LogP contribution in [0, 0.1) is 11.6 Å². The molecule has 0 fully saturated rings. The van der Waals surface area contributed by atoms with Crippen LogP contribution in [0.25, 0.3) is 11.0 Å². The van der Waals surface area contributed by atoms with Crippen molar-refractivity contribution in [3.05, 3.63) is 29.6 Å². The van der Waals surface area contributed by atoms with Crippen molar-refractivity contribution in [3.63, 3.8) is 0 Å². The smallest absolute Gasteiger partial charge is 0.161 e. The second-order valence-corrected chi connectivity index (χ2v) is 4.93. The zero-order valence-corrected chi connectivity index (χ0v) is 11.2. The van der Waals surface area contributed by atoms with Gasteiger partial charge in [0.1, 0.15) is 18.0 Å². The molecule has 116 valence electrons. The summed E-state index contributed by atoms with van der Waals surface area (Å²) in [5.41, 5.74) is 0.431. The van der Waals surface area contributed by atoms with Crippen LogP contribution in [-0.2, 0) is 0 Å². The highest BCUT2D eigenvalue weighted by Crippen LogP contribution is 2.24. The van der Waals surface area contributed by atoms with Crippen molar-refractivity contribution in [2.45, 2.75) is 31.2 Å². The molecule has 0 bridgehead atoms. The second-order valence-electron chi connectivity index (χ2n) is 4.93. The van der Waals surface area contributed by atoms with Gasteiger partial charge in [0.25, 0.3) is 0 Å². The quantitative estimate of drug-likeness (QED) is 0.535. The molecule has 0 spiro atoms. The van der Waals surface area contributed by atoms with Crippen molar-refractivity contribution in [2.24, 2.45) is 0 Å². The van der Waals surface area contributed by atoms with Crippen molar-refractivity contribution < 1.29 is 29.2 Å². The number of aliphatic hydroxyl groups is 4. The molecule has 0 saturated carbocycles. The van der Waals surface area contributed by atoms with Crippen molar-refractivity contribution in [2.75, 3.05) is 6.61 Å². The normalized spacial score (nSPS) is 17.7. The molecule has 2 unspecified atom stereocenters. The Balaban J connectivity index is 2.28. The number of hydrogen-bond donors (Lipinski definition) is 5. The van der Waals surface area contributed by atoms with Gasteiger partial charge in [-0.15, -0.1) is 0 Å². The lowest BCUT2D eigenvalue weighted by atomic mass is 9.96. The van der Waals surface area contributed by atoms with Crippen LogP contribution in [0.15, 0.2) is 12.1 Å². The first-order chi connectivity index (χ1) is 9.85. The molecule has 21 heavy (non-hydrogen) atoms. The van der Waals surface area contributed by atoms with E-state index in [1.807, 2.05) is 0 Å². The Morgan fingerprint density at radius 2 is 1.76 bits per heavy atom. The van der Waals surface area contributed by atoms with E-state index >= 15 is 0 Å². The lowest BCUT2D eigenvalue weighted by molar-refractivity contribution is -0.0832. The Labute approximate surface area is 118 Å². The van der Waals surface area contributed by atoms with E-state index in [1.165, 1.54) is 6.92 Å². The zero-order chi connectivity index (χ0) is 15.7. The van der Waals surface area contributed by atoms with Gasteiger partial charge in [-0.05, 0) is 0 Å². The molecule has 0 aliphatic rings. The average molecular weight is 302 g/mol. The molecule has 0 radical (unpaired) electrons. The van der Waals surface area contributed by atoms with Gasteiger partial charge in [0.2, 0.25) is 0 Å². The minimum atomic E-state index is -1.58. The summed E-state index contributed by atoms with van der Waals surface area (Å²) in [5.74, 6) is -2.61. The summed E-state index contributed by atoms with van der Waals surface area (Å²) >= 11 is 0. The monoisotopic (exact) mass is 302 g/mol. The van der Waals surface area contributed by atoms with Gasteiger partial charge < -0.3 is 25.4 Å². The number of aliphatic hydroxyl groups excluding tert-OH is 4. The zero-order valence-electron chi connectivity index (χ0n) is 11.2. The summed E-state index contributed by atoms with van der Waals surface area (Å²) in [6, 6.07) is 1.86. The lowest BCUT2D eigenvalue weighted by Crippen LogP contribution is -2.42. The number of aromatic amines is 1. The van der Waals surface area contributed by atoms with Crippen LogP contribution in [0.5, 0.6) is 0 Å². The first-order valence-corrected chi connectivity index (χ1v) is 6.34. The fourth-order valence-corrected chi connectivity index (χ4v) is 2.03. The topological polar surface area (TPSA) is 110 Å². The van der Waals surface area contributed by atoms with Crippen molar-refractivity contribution >= 4 is 11.0 Å². The number of rotatable bonds is 5. The van der Waals surface area contributed by atoms with Gasteiger partial charge in [0, 0.05) is 18.1 Å². The number of benzene rings is 1. The van der Waals surface area contributed by atoms with Gasteiger partial charge in [-0.3, -0.25) is 0 Å². The largest absolute Gasteiger partial charge is 0.394 e. The average Bonchev–Trinajstić information content (AvgIpc) is 2.87. The minimum Gasteiger partial charge on any atom is -0.394 e. The Morgan fingerprint density at radius 3 is 2.38 bits per heavy atom. The van der Waals surface area contributed by atoms with E-state index in [-0.39, 0.29) is 16.9 Å². The Kier molecular flexibility index (Phi) is 4.52. The molecule has 0 aliphatic carbocycles. The standard InChI is InChI=1S/C13H16F2N2O4/c1-5(11(20)12(21)10(19)4-18)13-16-8-2-6(14)7(15)3-9(8)17-13/h2-3,5,10-12,18-21H,4H2,1H3,(H,16,17)/t5-,10?,11?,12-/m0/s1. The van der Waals surface area contributed by atoms with Gasteiger partial charge >= 0.3 is 0 Å². The summed E-state index contributed by atoms with van der Waals surface area (Å²) in [7, 11) is 0. The molecule has 0 aliphatic heterocycles. The van der Waals surface area contributed by atoms with E-state index < -0.39 is 42.5 Å². The van der Waals surface area contributed by atoms with Crippen LogP contribution in [0.2, 0.25) is 0 Å². The number of H-pyrrole nitrogens is 1. The van der Waals surface area contributed by atoms with Crippen molar-refractivity contribution in [1.82, 2.24) is 9.97 Å². The number of hydrogen-bond acceptors (Lipinski definition) is 5. The van der Waals surface area contributed by atoms with E-state index in [4.69, 9.17) is 5.11 Å². The maximum absolute atomic E-state index is 13.1. The van der Waals surface area contributed by atoms with Gasteiger partial charge in [-0.1, -0.05) is 6.92 Å². The molecule has 8 heteroatoms. The highest BCUT2D eigenvalue weighted by molar-refractivity contribution is 5.75. The number of nitrogens with one attached hydrogen (secondary N) is 1. The lowest BCUT2D eigenvalue weighted by Gasteiger charge is -2.25. The maximum Gasteiger partial charge on any atom is 0.161 e. The predicted molar refractivity (Wildman–Crippen MR) is 69.5 cm³/mol. The maximum atomic E-state index is 13.1. The van der Waals surface area contributed by atoms with Crippen LogP contribution in [-0.4, -0.2) is 55.3 Å². The number of imidazole rings is 1. The fraction of sp³-hybridized carbons (Fsp3) is 0.462. The van der Waals surface area contributed by atoms with E-state index in [0.717, 1.165) is 12.1 Å². The van der Waals surface area contributed by atoms with Crippen LogP contribution in [0.1, 0.15) is 18.7 Å². The Morgan fingerprint density at radius 1 is 1.14 bits per heavy atom. The SMILES string of the molecule is C[C@H](c1nc2cc(F)c(F)cc2[nH]1)C(O)[C@@H](O)C(O)CO. The summed E-state index contributed by atoms with van der Waals surface area (Å²) in [6.45, 7) is 0.809. The molecule has 1 heterocycles. The van der Waals surface area contributed by atoms with Gasteiger partial charge in [-0.25, -0.2) is 13.8 Å². The molecule has 1 aromatic carbocycles. The molecule has 2 rings (SSSR count). The Hall–Kier alpha value is -1.61. The summed E-state index contributed by atoms with van der Waals surface area (Å²) in [4.78, 5) is 6.75. The van der Waals surface area contributed by atoms with E-state index in [9.17, 15) is 24.1 Å². The van der Waals surface area contributed by atoms with E-state index in [1.54, 1.807) is 0 Å². The summed E-state index contributed by atoms with van der Waals surface area (Å²) in [6.07, 6.45) is -4.49. The fourth-order valence-electron chi connectivity index (χ4n) is 2.03. The van der Waals surface area contributed by atoms with Crippen LogP contribution in [0.3, 0.4) is 0 Å². The number of nitrogens with zero attached hydrogens (tertiary/aromatic N) is 1. The molecule has 6 nitrogen and oxygen atoms in total. The second kappa shape index (κ2) is 6.02. The van der Waals surface area contributed by atoms with E-state index in [0.29, 0.717) is 0 Å². The van der Waals surface area contributed by atoms with Crippen LogP contribution >= 0.6 is 0 Å². The predicted octanol–water partition coefficient (Wildman–Crippen LogP) is 0.0196. The summed E-state index contributed by atoms with van der Waals surface area (Å²) < 4.78 is 26.2. The molecule has 2 aromatic rings. The number of aromatic nitrogens is 2. The Bertz CT molecular complexity index is 595. The van der Waals surface area contributed by atoms with Crippen LogP contribution < -0.4 is 0 Å².